The van der Waals surface area contributed by atoms with E-state index in [-0.39, 0.29) is 11.8 Å². The van der Waals surface area contributed by atoms with E-state index in [1.165, 1.54) is 0 Å². The van der Waals surface area contributed by atoms with Gasteiger partial charge in [-0.05, 0) is 43.7 Å². The van der Waals surface area contributed by atoms with Crippen LogP contribution in [0, 0.1) is 0 Å². The van der Waals surface area contributed by atoms with Gasteiger partial charge in [-0.3, -0.25) is 9.59 Å². The number of hydrogen-bond donors (Lipinski definition) is 1. The number of carbonyl (C=O) groups is 2. The summed E-state index contributed by atoms with van der Waals surface area (Å²) in [7, 11) is 0. The second-order valence-corrected chi connectivity index (χ2v) is 6.91. The van der Waals surface area contributed by atoms with E-state index < -0.39 is 5.60 Å². The molecule has 2 saturated heterocycles. The first-order valence-electron chi connectivity index (χ1n) is 8.85. The number of rotatable bonds is 5. The maximum absolute atomic E-state index is 12.5. The van der Waals surface area contributed by atoms with E-state index in [9.17, 15) is 9.59 Å². The fourth-order valence-corrected chi connectivity index (χ4v) is 3.44. The lowest BCUT2D eigenvalue weighted by Gasteiger charge is -2.32. The minimum absolute atomic E-state index is 0.0470. The maximum Gasteiger partial charge on any atom is 0.252 e. The van der Waals surface area contributed by atoms with Gasteiger partial charge < -0.3 is 15.0 Å². The Bertz CT molecular complexity index is 608. The van der Waals surface area contributed by atoms with Crippen LogP contribution in [0.25, 0.3) is 0 Å². The van der Waals surface area contributed by atoms with Gasteiger partial charge in [0.05, 0.1) is 0 Å². The van der Waals surface area contributed by atoms with E-state index >= 15 is 0 Å². The minimum Gasteiger partial charge on any atom is -0.365 e. The molecule has 5 nitrogen and oxygen atoms in total. The Hall–Kier alpha value is -1.88. The monoisotopic (exact) mass is 330 g/mol. The first-order valence-corrected chi connectivity index (χ1v) is 8.85. The standard InChI is InChI=1S/C19H26N2O3/c1-19(10-4-5-12-24-19)18(23)20-13-15-7-2-3-8-16(15)14-21-11-6-9-17(21)22/h2-3,7-8H,4-6,9-14H2,1H3,(H,20,23)/t19-/m0/s1. The molecular weight excluding hydrogens is 304 g/mol. The molecule has 0 aromatic heterocycles. The molecule has 2 heterocycles. The molecule has 3 rings (SSSR count). The summed E-state index contributed by atoms with van der Waals surface area (Å²) in [4.78, 5) is 26.2. The molecule has 0 bridgehead atoms. The molecule has 0 aliphatic carbocycles. The number of hydrogen-bond acceptors (Lipinski definition) is 3. The van der Waals surface area contributed by atoms with Gasteiger partial charge in [-0.2, -0.15) is 0 Å². The molecule has 24 heavy (non-hydrogen) atoms. The van der Waals surface area contributed by atoms with Crippen molar-refractivity contribution in [2.75, 3.05) is 13.2 Å². The highest BCUT2D eigenvalue weighted by atomic mass is 16.5. The van der Waals surface area contributed by atoms with Crippen molar-refractivity contribution in [3.8, 4) is 0 Å². The fourth-order valence-electron chi connectivity index (χ4n) is 3.44. The highest BCUT2D eigenvalue weighted by Crippen LogP contribution is 2.25. The van der Waals surface area contributed by atoms with E-state index in [0.29, 0.717) is 26.1 Å². The van der Waals surface area contributed by atoms with Gasteiger partial charge in [0.15, 0.2) is 0 Å². The van der Waals surface area contributed by atoms with Crippen molar-refractivity contribution in [1.82, 2.24) is 10.2 Å². The quantitative estimate of drug-likeness (QED) is 0.902. The number of amides is 2. The summed E-state index contributed by atoms with van der Waals surface area (Å²) in [5.74, 6) is 0.172. The Morgan fingerprint density at radius 3 is 2.71 bits per heavy atom. The molecule has 0 radical (unpaired) electrons. The summed E-state index contributed by atoms with van der Waals surface area (Å²) >= 11 is 0. The van der Waals surface area contributed by atoms with Crippen molar-refractivity contribution in [2.24, 2.45) is 0 Å². The SMILES string of the molecule is C[C@@]1(C(=O)NCc2ccccc2CN2CCCC2=O)CCCCO1. The van der Waals surface area contributed by atoms with Crippen molar-refractivity contribution >= 4 is 11.8 Å². The van der Waals surface area contributed by atoms with Crippen LogP contribution in [0.15, 0.2) is 24.3 Å². The Morgan fingerprint density at radius 2 is 2.04 bits per heavy atom. The lowest BCUT2D eigenvalue weighted by Crippen LogP contribution is -2.48. The third-order valence-electron chi connectivity index (χ3n) is 5.04. The molecule has 0 saturated carbocycles. The van der Waals surface area contributed by atoms with Gasteiger partial charge in [0.2, 0.25) is 5.91 Å². The molecule has 1 aromatic carbocycles. The van der Waals surface area contributed by atoms with Crippen LogP contribution in [0.4, 0.5) is 0 Å². The van der Waals surface area contributed by atoms with Crippen molar-refractivity contribution in [3.63, 3.8) is 0 Å². The van der Waals surface area contributed by atoms with Gasteiger partial charge in [-0.1, -0.05) is 24.3 Å². The van der Waals surface area contributed by atoms with Crippen LogP contribution in [0.1, 0.15) is 50.2 Å². The molecule has 0 unspecified atom stereocenters. The van der Waals surface area contributed by atoms with Gasteiger partial charge in [-0.25, -0.2) is 0 Å². The molecule has 2 fully saturated rings. The fraction of sp³-hybridized carbons (Fsp3) is 0.579. The van der Waals surface area contributed by atoms with Gasteiger partial charge in [0.25, 0.3) is 5.91 Å². The first kappa shape index (κ1) is 17.0. The predicted octanol–water partition coefficient (Wildman–Crippen LogP) is 2.38. The molecule has 130 valence electrons. The Balaban J connectivity index is 1.62. The van der Waals surface area contributed by atoms with Gasteiger partial charge in [0, 0.05) is 32.7 Å². The largest absolute Gasteiger partial charge is 0.365 e. The number of nitrogens with one attached hydrogen (secondary N) is 1. The van der Waals surface area contributed by atoms with Crippen LogP contribution in [0.2, 0.25) is 0 Å². The van der Waals surface area contributed by atoms with E-state index in [1.807, 2.05) is 36.1 Å². The first-order chi connectivity index (χ1) is 11.6. The molecule has 2 aliphatic heterocycles. The summed E-state index contributed by atoms with van der Waals surface area (Å²) in [6, 6.07) is 7.99. The highest BCUT2D eigenvalue weighted by Gasteiger charge is 2.35. The maximum atomic E-state index is 12.5. The minimum atomic E-state index is -0.710. The van der Waals surface area contributed by atoms with Crippen LogP contribution in [0.3, 0.4) is 0 Å². The van der Waals surface area contributed by atoms with E-state index in [2.05, 4.69) is 5.32 Å². The summed E-state index contributed by atoms with van der Waals surface area (Å²) in [6.07, 6.45) is 4.40. The molecule has 1 atom stereocenters. The molecule has 2 aliphatic rings. The zero-order valence-corrected chi connectivity index (χ0v) is 14.3. The van der Waals surface area contributed by atoms with Crippen LogP contribution < -0.4 is 5.32 Å². The number of nitrogens with zero attached hydrogens (tertiary/aromatic N) is 1. The average molecular weight is 330 g/mol. The normalized spacial score (nSPS) is 24.2. The van der Waals surface area contributed by atoms with Crippen LogP contribution in [-0.2, 0) is 27.4 Å². The summed E-state index contributed by atoms with van der Waals surface area (Å²) in [6.45, 7) is 4.44. The predicted molar refractivity (Wildman–Crippen MR) is 91.1 cm³/mol. The molecule has 2 amide bonds. The third-order valence-corrected chi connectivity index (χ3v) is 5.04. The molecular formula is C19H26N2O3. The zero-order chi connectivity index (χ0) is 17.0. The van der Waals surface area contributed by atoms with E-state index in [1.54, 1.807) is 0 Å². The van der Waals surface area contributed by atoms with Crippen LogP contribution >= 0.6 is 0 Å². The summed E-state index contributed by atoms with van der Waals surface area (Å²) < 4.78 is 5.70. The third kappa shape index (κ3) is 3.78. The van der Waals surface area contributed by atoms with Crippen molar-refractivity contribution < 1.29 is 14.3 Å². The second-order valence-electron chi connectivity index (χ2n) is 6.91. The Labute approximate surface area is 143 Å². The molecule has 1 aromatic rings. The number of ether oxygens (including phenoxy) is 1. The van der Waals surface area contributed by atoms with E-state index in [0.717, 1.165) is 43.4 Å². The molecule has 5 heteroatoms. The number of likely N-dealkylation sites (tertiary alicyclic amines) is 1. The van der Waals surface area contributed by atoms with Gasteiger partial charge in [0.1, 0.15) is 5.60 Å². The molecule has 1 N–H and O–H groups in total. The van der Waals surface area contributed by atoms with Crippen molar-refractivity contribution in [2.45, 2.75) is 57.7 Å². The summed E-state index contributed by atoms with van der Waals surface area (Å²) in [5, 5.41) is 3.02. The van der Waals surface area contributed by atoms with Crippen molar-refractivity contribution in [3.05, 3.63) is 35.4 Å². The number of carbonyl (C=O) groups excluding carboxylic acids is 2. The Kier molecular flexibility index (Phi) is 5.19. The smallest absolute Gasteiger partial charge is 0.252 e. The van der Waals surface area contributed by atoms with Gasteiger partial charge in [-0.15, -0.1) is 0 Å². The van der Waals surface area contributed by atoms with Crippen molar-refractivity contribution in [1.29, 1.82) is 0 Å². The lowest BCUT2D eigenvalue weighted by atomic mass is 9.95. The van der Waals surface area contributed by atoms with Gasteiger partial charge >= 0.3 is 0 Å². The zero-order valence-electron chi connectivity index (χ0n) is 14.3. The van der Waals surface area contributed by atoms with E-state index in [4.69, 9.17) is 4.74 Å². The number of benzene rings is 1. The second kappa shape index (κ2) is 7.34. The average Bonchev–Trinajstić information content (AvgIpc) is 2.99. The van der Waals surface area contributed by atoms with Crippen LogP contribution in [-0.4, -0.2) is 35.5 Å². The highest BCUT2D eigenvalue weighted by molar-refractivity contribution is 5.84. The Morgan fingerprint density at radius 1 is 1.25 bits per heavy atom. The lowest BCUT2D eigenvalue weighted by molar-refractivity contribution is -0.150. The van der Waals surface area contributed by atoms with Crippen LogP contribution in [0.5, 0.6) is 0 Å². The molecule has 0 spiro atoms. The summed E-state index contributed by atoms with van der Waals surface area (Å²) in [5.41, 5.74) is 1.45. The topological polar surface area (TPSA) is 58.6 Å².